The molecule has 0 radical (unpaired) electrons. The number of esters is 1. The van der Waals surface area contributed by atoms with Crippen LogP contribution in [-0.2, 0) is 9.53 Å². The van der Waals surface area contributed by atoms with E-state index in [9.17, 15) is 4.79 Å². The van der Waals surface area contributed by atoms with Crippen molar-refractivity contribution in [3.63, 3.8) is 0 Å². The van der Waals surface area contributed by atoms with E-state index >= 15 is 0 Å². The van der Waals surface area contributed by atoms with E-state index < -0.39 is 0 Å². The highest BCUT2D eigenvalue weighted by molar-refractivity contribution is 5.83. The Labute approximate surface area is 200 Å². The number of carbonyl (C=O) groups excluding carboxylic acids is 1. The summed E-state index contributed by atoms with van der Waals surface area (Å²) in [4.78, 5) is 15.0. The van der Waals surface area contributed by atoms with Crippen molar-refractivity contribution in [1.82, 2.24) is 4.90 Å². The summed E-state index contributed by atoms with van der Waals surface area (Å²) in [6.45, 7) is 2.26. The second-order valence-corrected chi connectivity index (χ2v) is 10.5. The molecule has 0 N–H and O–H groups in total. The summed E-state index contributed by atoms with van der Waals surface area (Å²) in [5.41, 5.74) is 1.44. The lowest BCUT2D eigenvalue weighted by Gasteiger charge is -2.37. The van der Waals surface area contributed by atoms with E-state index in [0.717, 1.165) is 32.1 Å². The third-order valence-corrected chi connectivity index (χ3v) is 8.13. The van der Waals surface area contributed by atoms with Gasteiger partial charge in [-0.05, 0) is 48.6 Å². The van der Waals surface area contributed by atoms with E-state index in [-0.39, 0.29) is 12.1 Å². The van der Waals surface area contributed by atoms with Gasteiger partial charge < -0.3 is 4.74 Å². The number of ether oxygens (including phenoxy) is 1. The average molecular weight is 450 g/mol. The average Bonchev–Trinajstić information content (AvgIpc) is 2.99. The van der Waals surface area contributed by atoms with Gasteiger partial charge in [-0.1, -0.05) is 101 Å². The van der Waals surface area contributed by atoms with Gasteiger partial charge in [-0.25, -0.2) is 0 Å². The summed E-state index contributed by atoms with van der Waals surface area (Å²) >= 11 is 0. The predicted octanol–water partition coefficient (Wildman–Crippen LogP) is 7.62. The third-order valence-electron chi connectivity index (χ3n) is 8.13. The molecule has 4 rings (SSSR count). The molecule has 2 aliphatic heterocycles. The standard InChI is InChI=1S/C30H43NO2/c1-3-4-5-6-7-8-9-10-11-16-30(32)33-29-22-27-20-26(21-28(29)31(27)2)25-18-17-23-14-12-13-15-24(23)19-25/h12-15,17-19,26-29H,3-11,16,20-22H2,1-2H3/t26-,27+,28+,29+/m0/s1. The van der Waals surface area contributed by atoms with Gasteiger partial charge in [0.1, 0.15) is 6.10 Å². The summed E-state index contributed by atoms with van der Waals surface area (Å²) in [6, 6.07) is 16.4. The molecular formula is C30H43NO2. The van der Waals surface area contributed by atoms with Gasteiger partial charge in [0.2, 0.25) is 0 Å². The molecule has 2 aliphatic rings. The van der Waals surface area contributed by atoms with E-state index in [4.69, 9.17) is 4.74 Å². The Hall–Kier alpha value is -1.87. The molecule has 0 aliphatic carbocycles. The minimum absolute atomic E-state index is 0.0196. The monoisotopic (exact) mass is 449 g/mol. The van der Waals surface area contributed by atoms with Crippen molar-refractivity contribution in [2.45, 2.75) is 114 Å². The predicted molar refractivity (Wildman–Crippen MR) is 138 cm³/mol. The van der Waals surface area contributed by atoms with E-state index in [2.05, 4.69) is 61.3 Å². The molecule has 0 saturated carbocycles. The number of carbonyl (C=O) groups is 1. The Balaban J connectivity index is 1.21. The van der Waals surface area contributed by atoms with E-state index in [1.807, 2.05) is 0 Å². The van der Waals surface area contributed by atoms with Crippen LogP contribution in [0.4, 0.5) is 0 Å². The van der Waals surface area contributed by atoms with Gasteiger partial charge in [-0.2, -0.15) is 0 Å². The van der Waals surface area contributed by atoms with Crippen LogP contribution in [0.25, 0.3) is 10.8 Å². The van der Waals surface area contributed by atoms with Gasteiger partial charge >= 0.3 is 5.97 Å². The van der Waals surface area contributed by atoms with Crippen LogP contribution >= 0.6 is 0 Å². The fraction of sp³-hybridized carbons (Fsp3) is 0.633. The first-order valence-electron chi connectivity index (χ1n) is 13.6. The fourth-order valence-corrected chi connectivity index (χ4v) is 6.09. The molecule has 2 bridgehead atoms. The number of nitrogens with zero attached hydrogens (tertiary/aromatic N) is 1. The zero-order chi connectivity index (χ0) is 23.0. The van der Waals surface area contributed by atoms with Crippen molar-refractivity contribution in [2.24, 2.45) is 0 Å². The summed E-state index contributed by atoms with van der Waals surface area (Å²) in [5, 5.41) is 2.63. The van der Waals surface area contributed by atoms with Crippen molar-refractivity contribution < 1.29 is 9.53 Å². The second kappa shape index (κ2) is 12.0. The van der Waals surface area contributed by atoms with Crippen LogP contribution in [-0.4, -0.2) is 36.1 Å². The Morgan fingerprint density at radius 2 is 1.58 bits per heavy atom. The lowest BCUT2D eigenvalue weighted by Crippen LogP contribution is -2.42. The molecule has 0 spiro atoms. The Kier molecular flexibility index (Phi) is 8.83. The van der Waals surface area contributed by atoms with Gasteiger partial charge in [-0.3, -0.25) is 9.69 Å². The molecule has 2 aromatic rings. The van der Waals surface area contributed by atoms with Crippen LogP contribution < -0.4 is 0 Å². The normalized spacial score (nSPS) is 24.9. The first-order valence-corrected chi connectivity index (χ1v) is 13.6. The smallest absolute Gasteiger partial charge is 0.306 e. The molecule has 0 unspecified atom stereocenters. The number of piperidine rings is 1. The van der Waals surface area contributed by atoms with Crippen molar-refractivity contribution in [2.75, 3.05) is 7.05 Å². The summed E-state index contributed by atoms with van der Waals surface area (Å²) in [7, 11) is 2.22. The topological polar surface area (TPSA) is 29.5 Å². The zero-order valence-electron chi connectivity index (χ0n) is 20.8. The fourth-order valence-electron chi connectivity index (χ4n) is 6.09. The number of benzene rings is 2. The molecular weight excluding hydrogens is 406 g/mol. The minimum Gasteiger partial charge on any atom is -0.461 e. The highest BCUT2D eigenvalue weighted by Crippen LogP contribution is 2.43. The molecule has 33 heavy (non-hydrogen) atoms. The van der Waals surface area contributed by atoms with Crippen LogP contribution in [0.5, 0.6) is 0 Å². The number of hydrogen-bond donors (Lipinski definition) is 0. The van der Waals surface area contributed by atoms with Crippen LogP contribution in [0.2, 0.25) is 0 Å². The van der Waals surface area contributed by atoms with Gasteiger partial charge in [0, 0.05) is 24.9 Å². The number of likely N-dealkylation sites (N-methyl/N-ethyl adjacent to an activating group) is 1. The number of fused-ring (bicyclic) bond motifs is 3. The molecule has 4 atom stereocenters. The molecule has 3 heteroatoms. The molecule has 3 nitrogen and oxygen atoms in total. The first-order chi connectivity index (χ1) is 16.2. The Morgan fingerprint density at radius 1 is 0.879 bits per heavy atom. The number of unbranched alkanes of at least 4 members (excludes halogenated alkanes) is 8. The van der Waals surface area contributed by atoms with Crippen LogP contribution in [0.1, 0.15) is 102 Å². The summed E-state index contributed by atoms with van der Waals surface area (Å²) in [5.74, 6) is 0.577. The lowest BCUT2D eigenvalue weighted by molar-refractivity contribution is -0.150. The molecule has 0 aromatic heterocycles. The Morgan fingerprint density at radius 3 is 2.33 bits per heavy atom. The summed E-state index contributed by atoms with van der Waals surface area (Å²) < 4.78 is 6.04. The third kappa shape index (κ3) is 6.38. The highest BCUT2D eigenvalue weighted by Gasteiger charge is 2.46. The first kappa shape index (κ1) is 24.3. The van der Waals surface area contributed by atoms with Gasteiger partial charge in [-0.15, -0.1) is 0 Å². The van der Waals surface area contributed by atoms with E-state index in [1.54, 1.807) is 0 Å². The molecule has 2 fully saturated rings. The quantitative estimate of drug-likeness (QED) is 0.246. The highest BCUT2D eigenvalue weighted by atomic mass is 16.5. The zero-order valence-corrected chi connectivity index (χ0v) is 20.8. The summed E-state index contributed by atoms with van der Waals surface area (Å²) in [6.07, 6.45) is 15.4. The van der Waals surface area contributed by atoms with Crippen molar-refractivity contribution in [3.05, 3.63) is 48.0 Å². The largest absolute Gasteiger partial charge is 0.461 e. The van der Waals surface area contributed by atoms with Gasteiger partial charge in [0.15, 0.2) is 0 Å². The van der Waals surface area contributed by atoms with Gasteiger partial charge in [0.05, 0.1) is 0 Å². The van der Waals surface area contributed by atoms with Crippen molar-refractivity contribution in [1.29, 1.82) is 0 Å². The van der Waals surface area contributed by atoms with E-state index in [0.29, 0.717) is 24.4 Å². The van der Waals surface area contributed by atoms with Crippen LogP contribution in [0.15, 0.2) is 42.5 Å². The molecule has 2 heterocycles. The molecule has 180 valence electrons. The maximum atomic E-state index is 12.6. The lowest BCUT2D eigenvalue weighted by atomic mass is 9.84. The minimum atomic E-state index is 0.0196. The molecule has 2 saturated heterocycles. The van der Waals surface area contributed by atoms with Crippen molar-refractivity contribution >= 4 is 16.7 Å². The SMILES string of the molecule is CCCCCCCCCCCC(=O)O[C@@H]1C[C@H]2C[C@H](c3ccc4ccccc4c3)C[C@H]1N2C. The maximum absolute atomic E-state index is 12.6. The van der Waals surface area contributed by atoms with Crippen LogP contribution in [0.3, 0.4) is 0 Å². The van der Waals surface area contributed by atoms with Crippen molar-refractivity contribution in [3.8, 4) is 0 Å². The number of hydrogen-bond acceptors (Lipinski definition) is 3. The van der Waals surface area contributed by atoms with E-state index in [1.165, 1.54) is 61.3 Å². The molecule has 0 amide bonds. The number of rotatable bonds is 12. The maximum Gasteiger partial charge on any atom is 0.306 e. The Bertz CT molecular complexity index is 894. The van der Waals surface area contributed by atoms with Gasteiger partial charge in [0.25, 0.3) is 0 Å². The van der Waals surface area contributed by atoms with Crippen LogP contribution in [0, 0.1) is 0 Å². The molecule has 2 aromatic carbocycles. The second-order valence-electron chi connectivity index (χ2n) is 10.5.